The lowest BCUT2D eigenvalue weighted by Gasteiger charge is -2.23. The van der Waals surface area contributed by atoms with E-state index in [2.05, 4.69) is 4.90 Å². The number of hydrogen-bond donors (Lipinski definition) is 1. The average Bonchev–Trinajstić information content (AvgIpc) is 3.18. The maximum absolute atomic E-state index is 12.6. The van der Waals surface area contributed by atoms with Crippen molar-refractivity contribution in [2.75, 3.05) is 26.2 Å². The maximum Gasteiger partial charge on any atom is 0.243 e. The lowest BCUT2D eigenvalue weighted by Crippen LogP contribution is -2.37. The molecule has 2 fully saturated rings. The van der Waals surface area contributed by atoms with Crippen LogP contribution >= 0.6 is 11.3 Å². The summed E-state index contributed by atoms with van der Waals surface area (Å²) in [4.78, 5) is 3.44. The summed E-state index contributed by atoms with van der Waals surface area (Å²) in [5.74, 6) is 0. The lowest BCUT2D eigenvalue weighted by molar-refractivity contribution is 0.251. The summed E-state index contributed by atoms with van der Waals surface area (Å²) in [5.41, 5.74) is 0. The van der Waals surface area contributed by atoms with Crippen LogP contribution < -0.4 is 0 Å². The number of aliphatic hydroxyl groups is 1. The van der Waals surface area contributed by atoms with Gasteiger partial charge in [-0.3, -0.25) is 4.90 Å². The van der Waals surface area contributed by atoms with Gasteiger partial charge >= 0.3 is 0 Å². The molecular formula is C13H20N2O3S2. The molecule has 2 aliphatic rings. The van der Waals surface area contributed by atoms with Crippen molar-refractivity contribution in [2.24, 2.45) is 0 Å². The molecule has 0 spiro atoms. The highest BCUT2D eigenvalue weighted by molar-refractivity contribution is 7.89. The molecule has 5 nitrogen and oxygen atoms in total. The van der Waals surface area contributed by atoms with Crippen LogP contribution in [0.1, 0.15) is 24.1 Å². The molecule has 0 radical (unpaired) electrons. The molecule has 20 heavy (non-hydrogen) atoms. The summed E-state index contributed by atoms with van der Waals surface area (Å²) >= 11 is 1.30. The molecule has 7 heteroatoms. The first-order valence-corrected chi connectivity index (χ1v) is 9.35. The molecule has 0 aliphatic carbocycles. The Hall–Kier alpha value is -0.470. The second-order valence-electron chi connectivity index (χ2n) is 5.46. The molecule has 2 aliphatic heterocycles. The van der Waals surface area contributed by atoms with Crippen LogP contribution in [0, 0.1) is 0 Å². The Morgan fingerprint density at radius 1 is 1.30 bits per heavy atom. The predicted octanol–water partition coefficient (Wildman–Crippen LogP) is 1.10. The molecule has 3 heterocycles. The quantitative estimate of drug-likeness (QED) is 0.903. The molecule has 1 N–H and O–H groups in total. The fourth-order valence-electron chi connectivity index (χ4n) is 3.06. The van der Waals surface area contributed by atoms with Crippen molar-refractivity contribution in [1.82, 2.24) is 9.21 Å². The smallest absolute Gasteiger partial charge is 0.243 e. The third-order valence-corrected chi connectivity index (χ3v) is 7.12. The van der Waals surface area contributed by atoms with E-state index in [0.29, 0.717) is 28.9 Å². The average molecular weight is 316 g/mol. The van der Waals surface area contributed by atoms with Crippen LogP contribution in [0.5, 0.6) is 0 Å². The zero-order valence-corrected chi connectivity index (χ0v) is 13.0. The fraction of sp³-hybridized carbons (Fsp3) is 0.692. The van der Waals surface area contributed by atoms with Crippen molar-refractivity contribution >= 4 is 21.4 Å². The third-order valence-electron chi connectivity index (χ3n) is 4.21. The minimum absolute atomic E-state index is 0.101. The number of sulfonamides is 1. The highest BCUT2D eigenvalue weighted by Crippen LogP contribution is 2.28. The molecule has 1 unspecified atom stereocenters. The Morgan fingerprint density at radius 3 is 2.70 bits per heavy atom. The first kappa shape index (κ1) is 14.5. The standard InChI is InChI=1S/C13H20N2O3S2/c16-9-12-7-13(10-19-12)20(17,18)15-6-3-11(8-15)14-4-1-2-5-14/h7,10-11,16H,1-6,8-9H2. The van der Waals surface area contributed by atoms with Gasteiger partial charge < -0.3 is 5.11 Å². The van der Waals surface area contributed by atoms with Crippen LogP contribution in [-0.2, 0) is 16.6 Å². The molecule has 1 aromatic rings. The zero-order chi connectivity index (χ0) is 14.2. The summed E-state index contributed by atoms with van der Waals surface area (Å²) in [6.07, 6.45) is 3.39. The SMILES string of the molecule is O=S(=O)(c1csc(CO)c1)N1CCC(N2CCCC2)C1. The van der Waals surface area contributed by atoms with Crippen molar-refractivity contribution in [3.05, 3.63) is 16.3 Å². The van der Waals surface area contributed by atoms with Crippen molar-refractivity contribution in [3.63, 3.8) is 0 Å². The van der Waals surface area contributed by atoms with E-state index in [1.54, 1.807) is 15.8 Å². The second kappa shape index (κ2) is 5.73. The summed E-state index contributed by atoms with van der Waals surface area (Å²) in [6, 6.07) is 1.96. The lowest BCUT2D eigenvalue weighted by atomic mass is 10.2. The zero-order valence-electron chi connectivity index (χ0n) is 11.4. The van der Waals surface area contributed by atoms with Gasteiger partial charge in [0.2, 0.25) is 10.0 Å². The first-order chi connectivity index (χ1) is 9.61. The molecule has 0 amide bonds. The van der Waals surface area contributed by atoms with Crippen LogP contribution in [0.2, 0.25) is 0 Å². The second-order valence-corrected chi connectivity index (χ2v) is 8.39. The van der Waals surface area contributed by atoms with Crippen molar-refractivity contribution in [1.29, 1.82) is 0 Å². The van der Waals surface area contributed by atoms with E-state index in [1.165, 1.54) is 24.2 Å². The molecule has 0 saturated carbocycles. The van der Waals surface area contributed by atoms with Gasteiger partial charge in [-0.25, -0.2) is 8.42 Å². The monoisotopic (exact) mass is 316 g/mol. The summed E-state index contributed by atoms with van der Waals surface area (Å²) < 4.78 is 26.7. The summed E-state index contributed by atoms with van der Waals surface area (Å²) in [7, 11) is -3.38. The highest BCUT2D eigenvalue weighted by Gasteiger charge is 2.36. The molecule has 0 bridgehead atoms. The van der Waals surface area contributed by atoms with E-state index in [4.69, 9.17) is 5.11 Å². The van der Waals surface area contributed by atoms with Crippen LogP contribution in [-0.4, -0.2) is 55.0 Å². The predicted molar refractivity (Wildman–Crippen MR) is 78.2 cm³/mol. The first-order valence-electron chi connectivity index (χ1n) is 7.04. The maximum atomic E-state index is 12.6. The Balaban J connectivity index is 1.72. The van der Waals surface area contributed by atoms with Crippen molar-refractivity contribution in [2.45, 2.75) is 36.8 Å². The van der Waals surface area contributed by atoms with Gasteiger partial charge in [0.25, 0.3) is 0 Å². The van der Waals surface area contributed by atoms with Crippen LogP contribution in [0.25, 0.3) is 0 Å². The van der Waals surface area contributed by atoms with Gasteiger partial charge in [0.1, 0.15) is 0 Å². The van der Waals surface area contributed by atoms with E-state index in [1.807, 2.05) is 0 Å². The van der Waals surface area contributed by atoms with Crippen LogP contribution in [0.15, 0.2) is 16.3 Å². The van der Waals surface area contributed by atoms with Crippen molar-refractivity contribution < 1.29 is 13.5 Å². The Kier molecular flexibility index (Phi) is 4.14. The van der Waals surface area contributed by atoms with E-state index < -0.39 is 10.0 Å². The van der Waals surface area contributed by atoms with Crippen LogP contribution in [0.4, 0.5) is 0 Å². The van der Waals surface area contributed by atoms with Crippen molar-refractivity contribution in [3.8, 4) is 0 Å². The number of likely N-dealkylation sites (tertiary alicyclic amines) is 1. The number of rotatable bonds is 4. The van der Waals surface area contributed by atoms with Gasteiger partial charge in [-0.2, -0.15) is 4.31 Å². The third kappa shape index (κ3) is 2.65. The molecule has 3 rings (SSSR count). The number of hydrogen-bond acceptors (Lipinski definition) is 5. The Morgan fingerprint density at radius 2 is 2.05 bits per heavy atom. The van der Waals surface area contributed by atoms with Gasteiger partial charge in [-0.05, 0) is 38.4 Å². The van der Waals surface area contributed by atoms with Gasteiger partial charge in [0.05, 0.1) is 11.5 Å². The van der Waals surface area contributed by atoms with Gasteiger partial charge in [0, 0.05) is 29.4 Å². The minimum Gasteiger partial charge on any atom is -0.391 e. The summed E-state index contributed by atoms with van der Waals surface area (Å²) in [5, 5.41) is 10.7. The highest BCUT2D eigenvalue weighted by atomic mass is 32.2. The molecule has 1 aromatic heterocycles. The van der Waals surface area contributed by atoms with Crippen LogP contribution in [0.3, 0.4) is 0 Å². The van der Waals surface area contributed by atoms with E-state index in [-0.39, 0.29) is 6.61 Å². The van der Waals surface area contributed by atoms with Gasteiger partial charge in [0.15, 0.2) is 0 Å². The Labute approximate surface area is 123 Å². The van der Waals surface area contributed by atoms with E-state index >= 15 is 0 Å². The fourth-order valence-corrected chi connectivity index (χ4v) is 5.68. The minimum atomic E-state index is -3.38. The van der Waals surface area contributed by atoms with Gasteiger partial charge in [-0.1, -0.05) is 0 Å². The Bertz CT molecular complexity index is 564. The number of nitrogens with zero attached hydrogens (tertiary/aromatic N) is 2. The molecule has 0 aromatic carbocycles. The normalized spacial score (nSPS) is 25.6. The molecular weight excluding hydrogens is 296 g/mol. The number of aliphatic hydroxyl groups excluding tert-OH is 1. The molecule has 112 valence electrons. The molecule has 2 saturated heterocycles. The summed E-state index contributed by atoms with van der Waals surface area (Å²) in [6.45, 7) is 3.31. The topological polar surface area (TPSA) is 60.9 Å². The molecule has 1 atom stereocenters. The number of thiophene rings is 1. The largest absolute Gasteiger partial charge is 0.391 e. The van der Waals surface area contributed by atoms with E-state index in [0.717, 1.165) is 19.5 Å². The van der Waals surface area contributed by atoms with E-state index in [9.17, 15) is 8.42 Å². The van der Waals surface area contributed by atoms with Gasteiger partial charge in [-0.15, -0.1) is 11.3 Å².